The lowest BCUT2D eigenvalue weighted by Gasteiger charge is -2.26. The molecule has 2 rings (SSSR count). The summed E-state index contributed by atoms with van der Waals surface area (Å²) in [4.78, 5) is 0.198. The Morgan fingerprint density at radius 2 is 2.00 bits per heavy atom. The van der Waals surface area contributed by atoms with E-state index in [0.29, 0.717) is 17.9 Å². The van der Waals surface area contributed by atoms with Gasteiger partial charge in [0.05, 0.1) is 11.5 Å². The molecule has 0 radical (unpaired) electrons. The summed E-state index contributed by atoms with van der Waals surface area (Å²) in [6.45, 7) is 3.80. The van der Waals surface area contributed by atoms with E-state index in [-0.39, 0.29) is 11.5 Å². The number of hydrogen-bond donors (Lipinski definition) is 2. The van der Waals surface area contributed by atoms with Crippen molar-refractivity contribution in [2.24, 2.45) is 5.92 Å². The molecule has 2 N–H and O–H groups in total. The third-order valence-corrected chi connectivity index (χ3v) is 5.36. The summed E-state index contributed by atoms with van der Waals surface area (Å²) in [5.74, 6) is 5.99. The molecule has 0 saturated heterocycles. The van der Waals surface area contributed by atoms with Crippen LogP contribution in [0.15, 0.2) is 29.2 Å². The van der Waals surface area contributed by atoms with Crippen molar-refractivity contribution in [1.29, 1.82) is 0 Å². The van der Waals surface area contributed by atoms with Crippen LogP contribution in [0.1, 0.15) is 38.7 Å². The minimum Gasteiger partial charge on any atom is -0.395 e. The van der Waals surface area contributed by atoms with Gasteiger partial charge in [0.1, 0.15) is 0 Å². The predicted molar refractivity (Wildman–Crippen MR) is 82.1 cm³/mol. The molecule has 0 atom stereocenters. The van der Waals surface area contributed by atoms with E-state index in [1.165, 1.54) is 0 Å². The van der Waals surface area contributed by atoms with E-state index >= 15 is 0 Å². The Morgan fingerprint density at radius 3 is 2.62 bits per heavy atom. The van der Waals surface area contributed by atoms with E-state index in [9.17, 15) is 8.42 Å². The number of rotatable bonds is 5. The zero-order valence-electron chi connectivity index (χ0n) is 12.4. The predicted octanol–water partition coefficient (Wildman–Crippen LogP) is 1.89. The minimum absolute atomic E-state index is 0.0329. The Balaban J connectivity index is 2.30. The molecule has 0 heterocycles. The molecule has 1 fully saturated rings. The topological polar surface area (TPSA) is 66.4 Å². The van der Waals surface area contributed by atoms with Gasteiger partial charge in [-0.15, -0.1) is 0 Å². The van der Waals surface area contributed by atoms with Crippen LogP contribution >= 0.6 is 0 Å². The van der Waals surface area contributed by atoms with Crippen LogP contribution in [0.2, 0.25) is 0 Å². The van der Waals surface area contributed by atoms with E-state index in [1.807, 2.05) is 13.8 Å². The zero-order valence-corrected chi connectivity index (χ0v) is 13.2. The van der Waals surface area contributed by atoms with E-state index in [4.69, 9.17) is 5.11 Å². The normalized spacial score (nSPS) is 15.4. The first kappa shape index (κ1) is 16.0. The van der Waals surface area contributed by atoms with Crippen molar-refractivity contribution in [1.82, 2.24) is 4.72 Å². The summed E-state index contributed by atoms with van der Waals surface area (Å²) in [5.41, 5.74) is 0.0230. The van der Waals surface area contributed by atoms with Gasteiger partial charge < -0.3 is 5.11 Å². The Kier molecular flexibility index (Phi) is 4.72. The number of aliphatic hydroxyl groups excluding tert-OH is 1. The Hall–Kier alpha value is -1.35. The molecule has 0 unspecified atom stereocenters. The standard InChI is InChI=1S/C16H21NO3S/c1-16(2,14-10-11-14)17-21(19,20)15-9-4-3-7-13(15)8-5-6-12-18/h3-4,7,9,14,17-18H,6,10-12H2,1-2H3. The molecule has 0 spiro atoms. The lowest BCUT2D eigenvalue weighted by atomic mass is 10.0. The molecule has 1 aromatic carbocycles. The maximum Gasteiger partial charge on any atom is 0.242 e. The van der Waals surface area contributed by atoms with Gasteiger partial charge in [-0.05, 0) is 44.7 Å². The monoisotopic (exact) mass is 307 g/mol. The van der Waals surface area contributed by atoms with E-state index < -0.39 is 15.6 Å². The van der Waals surface area contributed by atoms with Crippen molar-refractivity contribution < 1.29 is 13.5 Å². The molecule has 0 aliphatic heterocycles. The molecule has 0 bridgehead atoms. The fourth-order valence-electron chi connectivity index (χ4n) is 2.31. The van der Waals surface area contributed by atoms with Crippen molar-refractivity contribution in [2.45, 2.75) is 43.5 Å². The summed E-state index contributed by atoms with van der Waals surface area (Å²) in [7, 11) is -3.61. The van der Waals surface area contributed by atoms with Crippen LogP contribution < -0.4 is 4.72 Å². The first-order chi connectivity index (χ1) is 9.87. The SMILES string of the molecule is CC(C)(NS(=O)(=O)c1ccccc1C#CCCO)C1CC1. The molecule has 21 heavy (non-hydrogen) atoms. The van der Waals surface area contributed by atoms with Crippen LogP contribution in [0.5, 0.6) is 0 Å². The van der Waals surface area contributed by atoms with Gasteiger partial charge in [-0.3, -0.25) is 0 Å². The summed E-state index contributed by atoms with van der Waals surface area (Å²) >= 11 is 0. The number of nitrogens with one attached hydrogen (secondary N) is 1. The lowest BCUT2D eigenvalue weighted by molar-refractivity contribution is 0.305. The maximum absolute atomic E-state index is 12.6. The molecule has 0 aromatic heterocycles. The zero-order chi connectivity index (χ0) is 15.5. The van der Waals surface area contributed by atoms with Crippen molar-refractivity contribution in [3.05, 3.63) is 29.8 Å². The number of hydrogen-bond acceptors (Lipinski definition) is 3. The van der Waals surface area contributed by atoms with Crippen LogP contribution in [0, 0.1) is 17.8 Å². The Morgan fingerprint density at radius 1 is 1.33 bits per heavy atom. The summed E-state index contributed by atoms with van der Waals surface area (Å²) in [6.07, 6.45) is 2.45. The van der Waals surface area contributed by atoms with E-state index in [2.05, 4.69) is 16.6 Å². The van der Waals surface area contributed by atoms with Crippen molar-refractivity contribution in [3.63, 3.8) is 0 Å². The molecule has 1 aliphatic carbocycles. The highest BCUT2D eigenvalue weighted by molar-refractivity contribution is 7.89. The lowest BCUT2D eigenvalue weighted by Crippen LogP contribution is -2.45. The average molecular weight is 307 g/mol. The maximum atomic E-state index is 12.6. The van der Waals surface area contributed by atoms with Gasteiger partial charge >= 0.3 is 0 Å². The number of aliphatic hydroxyl groups is 1. The van der Waals surface area contributed by atoms with Gasteiger partial charge in [-0.2, -0.15) is 0 Å². The molecular weight excluding hydrogens is 286 g/mol. The molecule has 114 valence electrons. The van der Waals surface area contributed by atoms with Gasteiger partial charge in [0, 0.05) is 17.5 Å². The van der Waals surface area contributed by atoms with Gasteiger partial charge in [-0.1, -0.05) is 24.0 Å². The van der Waals surface area contributed by atoms with Crippen LogP contribution in [-0.2, 0) is 10.0 Å². The molecule has 1 saturated carbocycles. The van der Waals surface area contributed by atoms with Crippen LogP contribution in [0.25, 0.3) is 0 Å². The Labute approximate surface area is 126 Å². The smallest absolute Gasteiger partial charge is 0.242 e. The van der Waals surface area contributed by atoms with Crippen molar-refractivity contribution in [3.8, 4) is 11.8 Å². The highest BCUT2D eigenvalue weighted by atomic mass is 32.2. The summed E-state index contributed by atoms with van der Waals surface area (Å²) in [5, 5.41) is 8.76. The van der Waals surface area contributed by atoms with Crippen molar-refractivity contribution in [2.75, 3.05) is 6.61 Å². The molecule has 1 aromatic rings. The average Bonchev–Trinajstić information content (AvgIpc) is 3.23. The second-order valence-electron chi connectivity index (χ2n) is 5.87. The van der Waals surface area contributed by atoms with Crippen LogP contribution in [0.4, 0.5) is 0 Å². The van der Waals surface area contributed by atoms with Gasteiger partial charge in [0.15, 0.2) is 0 Å². The highest BCUT2D eigenvalue weighted by Gasteiger charge is 2.40. The molecule has 5 heteroatoms. The van der Waals surface area contributed by atoms with Crippen LogP contribution in [-0.4, -0.2) is 25.7 Å². The first-order valence-electron chi connectivity index (χ1n) is 7.09. The van der Waals surface area contributed by atoms with E-state index in [0.717, 1.165) is 12.8 Å². The number of sulfonamides is 1. The minimum atomic E-state index is -3.61. The fraction of sp³-hybridized carbons (Fsp3) is 0.500. The first-order valence-corrected chi connectivity index (χ1v) is 8.58. The third kappa shape index (κ3) is 4.07. The fourth-order valence-corrected chi connectivity index (χ4v) is 3.94. The Bertz CT molecular complexity index is 664. The summed E-state index contributed by atoms with van der Waals surface area (Å²) in [6, 6.07) is 6.70. The van der Waals surface area contributed by atoms with E-state index in [1.54, 1.807) is 24.3 Å². The van der Waals surface area contributed by atoms with Crippen LogP contribution in [0.3, 0.4) is 0 Å². The second kappa shape index (κ2) is 6.18. The third-order valence-electron chi connectivity index (χ3n) is 3.63. The molecular formula is C16H21NO3S. The van der Waals surface area contributed by atoms with Crippen molar-refractivity contribution >= 4 is 10.0 Å². The second-order valence-corrected chi connectivity index (χ2v) is 7.52. The highest BCUT2D eigenvalue weighted by Crippen LogP contribution is 2.40. The molecule has 1 aliphatic rings. The number of benzene rings is 1. The molecule has 0 amide bonds. The largest absolute Gasteiger partial charge is 0.395 e. The van der Waals surface area contributed by atoms with Gasteiger partial charge in [-0.25, -0.2) is 13.1 Å². The van der Waals surface area contributed by atoms with Gasteiger partial charge in [0.25, 0.3) is 0 Å². The van der Waals surface area contributed by atoms with Gasteiger partial charge in [0.2, 0.25) is 10.0 Å². The summed E-state index contributed by atoms with van der Waals surface area (Å²) < 4.78 is 28.0. The molecule has 4 nitrogen and oxygen atoms in total. The quantitative estimate of drug-likeness (QED) is 0.816.